The second-order valence-corrected chi connectivity index (χ2v) is 8.54. The molecule has 4 rings (SSSR count). The third-order valence-electron chi connectivity index (χ3n) is 5.68. The average molecular weight is 431 g/mol. The molecule has 0 unspecified atom stereocenters. The molecular formula is C26H27ClN4. The molecule has 2 heterocycles. The summed E-state index contributed by atoms with van der Waals surface area (Å²) in [6.45, 7) is 7.33. The van der Waals surface area contributed by atoms with Gasteiger partial charge in [0.05, 0.1) is 6.33 Å². The Morgan fingerprint density at radius 2 is 1.77 bits per heavy atom. The molecule has 0 spiro atoms. The maximum Gasteiger partial charge on any atom is 0.165 e. The van der Waals surface area contributed by atoms with Gasteiger partial charge in [-0.1, -0.05) is 71.3 Å². The molecule has 0 radical (unpaired) electrons. The number of halogens is 1. The van der Waals surface area contributed by atoms with E-state index in [0.717, 1.165) is 31.5 Å². The van der Waals surface area contributed by atoms with Gasteiger partial charge in [0.15, 0.2) is 10.8 Å². The van der Waals surface area contributed by atoms with Gasteiger partial charge < -0.3 is 4.57 Å². The minimum Gasteiger partial charge on any atom is -0.311 e. The van der Waals surface area contributed by atoms with Crippen LogP contribution in [0, 0.1) is 6.92 Å². The van der Waals surface area contributed by atoms with Crippen molar-refractivity contribution in [2.45, 2.75) is 46.6 Å². The van der Waals surface area contributed by atoms with E-state index in [-0.39, 0.29) is 0 Å². The van der Waals surface area contributed by atoms with Crippen LogP contribution >= 0.6 is 11.6 Å². The molecule has 0 N–H and O–H groups in total. The van der Waals surface area contributed by atoms with Gasteiger partial charge in [0.2, 0.25) is 0 Å². The van der Waals surface area contributed by atoms with E-state index < -0.39 is 0 Å². The minimum absolute atomic E-state index is 0.396. The fourth-order valence-electron chi connectivity index (χ4n) is 3.85. The SMILES string of the molecule is C/C(=C\Cc1cc2ccccc2cc1C)CC/C=C(\C)Cn1cnc2c(Cl)ncnc21. The Morgan fingerprint density at radius 3 is 2.58 bits per heavy atom. The highest BCUT2D eigenvalue weighted by molar-refractivity contribution is 6.33. The fraction of sp³-hybridized carbons (Fsp3) is 0.269. The van der Waals surface area contributed by atoms with Crippen LogP contribution in [-0.2, 0) is 13.0 Å². The Balaban J connectivity index is 1.35. The summed E-state index contributed by atoms with van der Waals surface area (Å²) in [4.78, 5) is 12.6. The molecule has 0 aliphatic rings. The highest BCUT2D eigenvalue weighted by Crippen LogP contribution is 2.21. The number of rotatable bonds is 7. The molecule has 4 aromatic rings. The van der Waals surface area contributed by atoms with Crippen molar-refractivity contribution in [1.29, 1.82) is 0 Å². The summed E-state index contributed by atoms with van der Waals surface area (Å²) in [5.74, 6) is 0. The van der Waals surface area contributed by atoms with Crippen molar-refractivity contribution in [1.82, 2.24) is 19.5 Å². The van der Waals surface area contributed by atoms with E-state index >= 15 is 0 Å². The van der Waals surface area contributed by atoms with Gasteiger partial charge in [-0.15, -0.1) is 0 Å². The van der Waals surface area contributed by atoms with E-state index in [4.69, 9.17) is 11.6 Å². The highest BCUT2D eigenvalue weighted by Gasteiger charge is 2.08. The van der Waals surface area contributed by atoms with Gasteiger partial charge in [-0.25, -0.2) is 15.0 Å². The summed E-state index contributed by atoms with van der Waals surface area (Å²) in [5, 5.41) is 3.02. The number of allylic oxidation sites excluding steroid dienone is 4. The predicted molar refractivity (Wildman–Crippen MR) is 129 cm³/mol. The molecule has 158 valence electrons. The van der Waals surface area contributed by atoms with Crippen molar-refractivity contribution in [3.8, 4) is 0 Å². The Bertz CT molecular complexity index is 1280. The van der Waals surface area contributed by atoms with E-state index in [9.17, 15) is 0 Å². The zero-order valence-corrected chi connectivity index (χ0v) is 19.0. The van der Waals surface area contributed by atoms with Gasteiger partial charge in [0.25, 0.3) is 0 Å². The molecule has 2 aromatic carbocycles. The van der Waals surface area contributed by atoms with E-state index in [1.807, 2.05) is 4.57 Å². The van der Waals surface area contributed by atoms with Crippen LogP contribution in [0.15, 0.2) is 72.4 Å². The van der Waals surface area contributed by atoms with Crippen LogP contribution in [0.2, 0.25) is 5.15 Å². The Kier molecular flexibility index (Phi) is 6.47. The third-order valence-corrected chi connectivity index (χ3v) is 5.96. The molecule has 0 saturated carbocycles. The number of hydrogen-bond donors (Lipinski definition) is 0. The maximum absolute atomic E-state index is 6.09. The Labute approximate surface area is 188 Å². The molecule has 4 nitrogen and oxygen atoms in total. The fourth-order valence-corrected chi connectivity index (χ4v) is 4.03. The number of aromatic nitrogens is 4. The van der Waals surface area contributed by atoms with E-state index in [1.54, 1.807) is 6.33 Å². The predicted octanol–water partition coefficient (Wildman–Crippen LogP) is 6.86. The summed E-state index contributed by atoms with van der Waals surface area (Å²) < 4.78 is 2.01. The summed E-state index contributed by atoms with van der Waals surface area (Å²) in [6.07, 6.45) is 11.0. The lowest BCUT2D eigenvalue weighted by atomic mass is 9.98. The first-order valence-electron chi connectivity index (χ1n) is 10.6. The molecular weight excluding hydrogens is 404 g/mol. The van der Waals surface area contributed by atoms with Gasteiger partial charge in [-0.3, -0.25) is 0 Å². The summed E-state index contributed by atoms with van der Waals surface area (Å²) in [6, 6.07) is 13.2. The van der Waals surface area contributed by atoms with Gasteiger partial charge in [-0.05, 0) is 61.9 Å². The lowest BCUT2D eigenvalue weighted by Gasteiger charge is -2.08. The molecule has 0 aliphatic carbocycles. The van der Waals surface area contributed by atoms with Crippen LogP contribution in [0.3, 0.4) is 0 Å². The van der Waals surface area contributed by atoms with Gasteiger partial charge in [-0.2, -0.15) is 0 Å². The largest absolute Gasteiger partial charge is 0.311 e. The molecule has 0 bridgehead atoms. The van der Waals surface area contributed by atoms with Crippen LogP contribution in [0.5, 0.6) is 0 Å². The van der Waals surface area contributed by atoms with Crippen molar-refractivity contribution >= 4 is 33.5 Å². The Morgan fingerprint density at radius 1 is 1.00 bits per heavy atom. The van der Waals surface area contributed by atoms with E-state index in [0.29, 0.717) is 10.7 Å². The lowest BCUT2D eigenvalue weighted by molar-refractivity contribution is 0.788. The molecule has 5 heteroatoms. The number of fused-ring (bicyclic) bond motifs is 2. The first-order chi connectivity index (χ1) is 15.0. The number of imidazole rings is 1. The van der Waals surface area contributed by atoms with E-state index in [2.05, 4.69) is 84.3 Å². The lowest BCUT2D eigenvalue weighted by Crippen LogP contribution is -1.99. The van der Waals surface area contributed by atoms with Crippen LogP contribution < -0.4 is 0 Å². The minimum atomic E-state index is 0.396. The number of hydrogen-bond acceptors (Lipinski definition) is 3. The smallest absolute Gasteiger partial charge is 0.165 e. The second-order valence-electron chi connectivity index (χ2n) is 8.18. The molecule has 0 atom stereocenters. The maximum atomic E-state index is 6.09. The Hall–Kier alpha value is -2.98. The van der Waals surface area contributed by atoms with Crippen molar-refractivity contribution in [2.24, 2.45) is 0 Å². The topological polar surface area (TPSA) is 43.6 Å². The number of aryl methyl sites for hydroxylation is 1. The first kappa shape index (κ1) is 21.3. The van der Waals surface area contributed by atoms with Crippen LogP contribution in [0.1, 0.15) is 37.8 Å². The van der Waals surface area contributed by atoms with Crippen molar-refractivity contribution in [3.63, 3.8) is 0 Å². The quantitative estimate of drug-likeness (QED) is 0.237. The van der Waals surface area contributed by atoms with Crippen LogP contribution in [0.4, 0.5) is 0 Å². The average Bonchev–Trinajstić information content (AvgIpc) is 3.16. The number of nitrogens with zero attached hydrogens (tertiary/aromatic N) is 4. The first-order valence-corrected chi connectivity index (χ1v) is 11.0. The van der Waals surface area contributed by atoms with E-state index in [1.165, 1.54) is 39.4 Å². The molecule has 0 amide bonds. The zero-order chi connectivity index (χ0) is 21.8. The molecule has 2 aromatic heterocycles. The zero-order valence-electron chi connectivity index (χ0n) is 18.3. The molecule has 0 aliphatic heterocycles. The molecule has 31 heavy (non-hydrogen) atoms. The van der Waals surface area contributed by atoms with Gasteiger partial charge >= 0.3 is 0 Å². The van der Waals surface area contributed by atoms with Crippen LogP contribution in [-0.4, -0.2) is 19.5 Å². The van der Waals surface area contributed by atoms with Crippen molar-refractivity contribution < 1.29 is 0 Å². The van der Waals surface area contributed by atoms with Gasteiger partial charge in [0.1, 0.15) is 11.8 Å². The summed E-state index contributed by atoms with van der Waals surface area (Å²) >= 11 is 6.09. The number of benzene rings is 2. The highest BCUT2D eigenvalue weighted by atomic mass is 35.5. The summed E-state index contributed by atoms with van der Waals surface area (Å²) in [5.41, 5.74) is 6.89. The molecule has 0 saturated heterocycles. The van der Waals surface area contributed by atoms with Crippen molar-refractivity contribution in [2.75, 3.05) is 0 Å². The summed E-state index contributed by atoms with van der Waals surface area (Å²) in [7, 11) is 0. The monoisotopic (exact) mass is 430 g/mol. The van der Waals surface area contributed by atoms with Crippen molar-refractivity contribution in [3.05, 3.63) is 88.6 Å². The van der Waals surface area contributed by atoms with Crippen LogP contribution in [0.25, 0.3) is 21.9 Å². The molecule has 0 fully saturated rings. The second kappa shape index (κ2) is 9.44. The third kappa shape index (κ3) is 5.02. The standard InChI is InChI=1S/C26H27ClN4/c1-18(11-12-21-14-23-10-5-4-9-22(23)13-20(21)3)7-6-8-19(2)15-31-17-30-24-25(27)28-16-29-26(24)31/h4-5,8-11,13-14,16-17H,6-7,12,15H2,1-3H3/b18-11+,19-8+. The van der Waals surface area contributed by atoms with Gasteiger partial charge in [0, 0.05) is 6.54 Å². The normalized spacial score (nSPS) is 12.8.